The highest BCUT2D eigenvalue weighted by atomic mass is 16.1. The summed E-state index contributed by atoms with van der Waals surface area (Å²) in [6, 6.07) is 8.87. The number of piperidine rings is 2. The van der Waals surface area contributed by atoms with Crippen LogP contribution in [-0.2, 0) is 24.3 Å². The molecule has 3 aliphatic rings. The zero-order chi connectivity index (χ0) is 25.9. The van der Waals surface area contributed by atoms with Crippen LogP contribution >= 0.6 is 0 Å². The highest BCUT2D eigenvalue weighted by Gasteiger charge is 2.30. The average molecular weight is 516 g/mol. The van der Waals surface area contributed by atoms with Crippen molar-refractivity contribution in [3.8, 4) is 0 Å². The number of imidazole rings is 1. The van der Waals surface area contributed by atoms with Crippen molar-refractivity contribution < 1.29 is 4.79 Å². The Kier molecular flexibility index (Phi) is 7.58. The first-order chi connectivity index (χ1) is 18.6. The van der Waals surface area contributed by atoms with Gasteiger partial charge in [-0.2, -0.15) is 0 Å². The molecule has 2 fully saturated rings. The molecule has 2 aromatic heterocycles. The van der Waals surface area contributed by atoms with Crippen LogP contribution in [0.2, 0.25) is 0 Å². The van der Waals surface area contributed by atoms with E-state index in [9.17, 15) is 4.79 Å². The molecular weight excluding hydrogens is 474 g/mol. The molecule has 0 bridgehead atoms. The van der Waals surface area contributed by atoms with Crippen LogP contribution in [-0.4, -0.2) is 63.0 Å². The molecule has 6 rings (SSSR count). The Bertz CT molecular complexity index is 1250. The second kappa shape index (κ2) is 11.4. The van der Waals surface area contributed by atoms with Crippen LogP contribution < -0.4 is 10.2 Å². The van der Waals surface area contributed by atoms with Crippen LogP contribution in [0, 0.1) is 18.8 Å². The van der Waals surface area contributed by atoms with E-state index in [2.05, 4.69) is 60.8 Å². The fourth-order valence-electron chi connectivity index (χ4n) is 6.43. The number of anilines is 1. The number of rotatable bonds is 6. The fourth-order valence-corrected chi connectivity index (χ4v) is 6.43. The topological polar surface area (TPSA) is 79.2 Å². The van der Waals surface area contributed by atoms with E-state index >= 15 is 0 Å². The van der Waals surface area contributed by atoms with Gasteiger partial charge in [0.05, 0.1) is 5.92 Å². The second-order valence-corrected chi connectivity index (χ2v) is 11.6. The summed E-state index contributed by atoms with van der Waals surface area (Å²) in [5.41, 5.74) is 4.55. The Labute approximate surface area is 225 Å². The fraction of sp³-hybridized carbons (Fsp3) is 0.600. The van der Waals surface area contributed by atoms with Gasteiger partial charge in [0, 0.05) is 39.1 Å². The maximum absolute atomic E-state index is 13.2. The molecule has 8 heteroatoms. The molecule has 202 valence electrons. The number of amides is 1. The number of aryl methyl sites for hydroxylation is 3. The van der Waals surface area contributed by atoms with Crippen LogP contribution in [0.25, 0.3) is 11.2 Å². The first-order valence-corrected chi connectivity index (χ1v) is 14.6. The maximum atomic E-state index is 13.2. The van der Waals surface area contributed by atoms with Crippen LogP contribution in [0.5, 0.6) is 0 Å². The summed E-state index contributed by atoms with van der Waals surface area (Å²) in [5.74, 6) is 2.79. The highest BCUT2D eigenvalue weighted by molar-refractivity contribution is 5.85. The molecule has 0 saturated carbocycles. The van der Waals surface area contributed by atoms with Crippen LogP contribution in [0.3, 0.4) is 0 Å². The van der Waals surface area contributed by atoms with E-state index < -0.39 is 0 Å². The number of fused-ring (bicyclic) bond motifs is 3. The van der Waals surface area contributed by atoms with E-state index in [0.717, 1.165) is 94.2 Å². The molecule has 1 amide bonds. The molecule has 1 aromatic carbocycles. The molecule has 8 nitrogen and oxygen atoms in total. The summed E-state index contributed by atoms with van der Waals surface area (Å²) >= 11 is 0. The molecule has 38 heavy (non-hydrogen) atoms. The number of carbonyl (C=O) groups excluding carboxylic acids is 1. The predicted molar refractivity (Wildman–Crippen MR) is 150 cm³/mol. The van der Waals surface area contributed by atoms with E-state index in [4.69, 9.17) is 4.98 Å². The van der Waals surface area contributed by atoms with Crippen molar-refractivity contribution in [2.75, 3.05) is 37.6 Å². The molecule has 0 aliphatic carbocycles. The van der Waals surface area contributed by atoms with Crippen molar-refractivity contribution in [3.63, 3.8) is 0 Å². The van der Waals surface area contributed by atoms with Gasteiger partial charge in [0.2, 0.25) is 5.91 Å². The van der Waals surface area contributed by atoms with Crippen molar-refractivity contribution in [1.82, 2.24) is 29.7 Å². The lowest BCUT2D eigenvalue weighted by molar-refractivity contribution is -0.125. The van der Waals surface area contributed by atoms with E-state index in [-0.39, 0.29) is 11.8 Å². The number of hydrogen-bond donors (Lipinski definition) is 1. The summed E-state index contributed by atoms with van der Waals surface area (Å²) in [4.78, 5) is 32.3. The average Bonchev–Trinajstić information content (AvgIpc) is 3.14. The Balaban J connectivity index is 1.02. The second-order valence-electron chi connectivity index (χ2n) is 11.6. The van der Waals surface area contributed by atoms with Gasteiger partial charge in [-0.3, -0.25) is 9.69 Å². The monoisotopic (exact) mass is 515 g/mol. The minimum absolute atomic E-state index is 0.00386. The number of aromatic nitrogens is 4. The number of nitrogens with zero attached hydrogens (tertiary/aromatic N) is 6. The van der Waals surface area contributed by atoms with Gasteiger partial charge < -0.3 is 14.8 Å². The van der Waals surface area contributed by atoms with Gasteiger partial charge in [-0.1, -0.05) is 36.2 Å². The van der Waals surface area contributed by atoms with Gasteiger partial charge in [-0.25, -0.2) is 15.0 Å². The summed E-state index contributed by atoms with van der Waals surface area (Å²) in [6.07, 6.45) is 10.5. The SMILES string of the molecule is Cc1ccc(CN2CCC(CNC(=O)[C@@H]3CCCN(c4ncnc5c4nc4n5CCCCC4)C3)CC2)cc1. The lowest BCUT2D eigenvalue weighted by Gasteiger charge is -2.34. The quantitative estimate of drug-likeness (QED) is 0.532. The lowest BCUT2D eigenvalue weighted by Crippen LogP contribution is -2.45. The molecule has 1 N–H and O–H groups in total. The van der Waals surface area contributed by atoms with Crippen molar-refractivity contribution in [1.29, 1.82) is 0 Å². The van der Waals surface area contributed by atoms with Crippen LogP contribution in [0.4, 0.5) is 5.82 Å². The number of carbonyl (C=O) groups is 1. The first-order valence-electron chi connectivity index (χ1n) is 14.6. The normalized spacial score (nSPS) is 21.3. The van der Waals surface area contributed by atoms with Gasteiger partial charge in [0.1, 0.15) is 12.2 Å². The van der Waals surface area contributed by atoms with Gasteiger partial charge in [-0.15, -0.1) is 0 Å². The Morgan fingerprint density at radius 2 is 1.82 bits per heavy atom. The highest BCUT2D eigenvalue weighted by Crippen LogP contribution is 2.29. The Morgan fingerprint density at radius 1 is 0.974 bits per heavy atom. The molecule has 0 spiro atoms. The molecular formula is C30H41N7O. The van der Waals surface area contributed by atoms with Gasteiger partial charge >= 0.3 is 0 Å². The van der Waals surface area contributed by atoms with Gasteiger partial charge in [-0.05, 0) is 70.0 Å². The van der Waals surface area contributed by atoms with Crippen molar-refractivity contribution >= 4 is 22.9 Å². The third-order valence-electron chi connectivity index (χ3n) is 8.76. The van der Waals surface area contributed by atoms with E-state index in [1.807, 2.05) is 0 Å². The largest absolute Gasteiger partial charge is 0.356 e. The smallest absolute Gasteiger partial charge is 0.224 e. The molecule has 1 atom stereocenters. The Morgan fingerprint density at radius 3 is 2.66 bits per heavy atom. The van der Waals surface area contributed by atoms with Crippen LogP contribution in [0.1, 0.15) is 61.9 Å². The minimum atomic E-state index is -0.00386. The summed E-state index contributed by atoms with van der Waals surface area (Å²) in [5, 5.41) is 3.31. The standard InChI is InChI=1S/C30H41N7O/c1-22-8-10-24(11-9-22)19-35-16-12-23(13-17-35)18-31-30(38)25-6-5-14-36(20-25)28-27-29(33-21-32-28)37-15-4-2-3-7-26(37)34-27/h8-11,21,23,25H,2-7,12-20H2,1H3,(H,31,38)/t25-/m1/s1. The molecule has 0 unspecified atom stereocenters. The Hall–Kier alpha value is -3.00. The van der Waals surface area contributed by atoms with E-state index in [1.165, 1.54) is 30.4 Å². The van der Waals surface area contributed by atoms with Crippen LogP contribution in [0.15, 0.2) is 30.6 Å². The maximum Gasteiger partial charge on any atom is 0.224 e. The van der Waals surface area contributed by atoms with E-state index in [0.29, 0.717) is 12.5 Å². The molecule has 3 aromatic rings. The van der Waals surface area contributed by atoms with E-state index in [1.54, 1.807) is 6.33 Å². The van der Waals surface area contributed by atoms with Crippen molar-refractivity contribution in [3.05, 3.63) is 47.5 Å². The summed E-state index contributed by atoms with van der Waals surface area (Å²) in [7, 11) is 0. The predicted octanol–water partition coefficient (Wildman–Crippen LogP) is 4.11. The summed E-state index contributed by atoms with van der Waals surface area (Å²) in [6.45, 7) is 8.75. The molecule has 2 saturated heterocycles. The van der Waals surface area contributed by atoms with Crippen molar-refractivity contribution in [2.24, 2.45) is 11.8 Å². The zero-order valence-corrected chi connectivity index (χ0v) is 22.7. The number of hydrogen-bond acceptors (Lipinski definition) is 6. The molecule has 5 heterocycles. The first kappa shape index (κ1) is 25.3. The number of benzene rings is 1. The third kappa shape index (κ3) is 5.55. The molecule has 0 radical (unpaired) electrons. The lowest BCUT2D eigenvalue weighted by atomic mass is 9.94. The van der Waals surface area contributed by atoms with Gasteiger partial charge in [0.25, 0.3) is 0 Å². The minimum Gasteiger partial charge on any atom is -0.356 e. The third-order valence-corrected chi connectivity index (χ3v) is 8.76. The number of nitrogens with one attached hydrogen (secondary N) is 1. The van der Waals surface area contributed by atoms with Crippen molar-refractivity contribution in [2.45, 2.75) is 71.4 Å². The zero-order valence-electron chi connectivity index (χ0n) is 22.7. The molecule has 3 aliphatic heterocycles. The number of likely N-dealkylation sites (tertiary alicyclic amines) is 1. The van der Waals surface area contributed by atoms with Gasteiger partial charge in [0.15, 0.2) is 17.0 Å². The summed E-state index contributed by atoms with van der Waals surface area (Å²) < 4.78 is 2.29.